The molecular weight excluding hydrogens is 334 g/mol. The van der Waals surface area contributed by atoms with E-state index in [9.17, 15) is 22.0 Å². The summed E-state index contributed by atoms with van der Waals surface area (Å²) >= 11 is 0. The minimum Gasteiger partial charge on any atom is -0.394 e. The third kappa shape index (κ3) is 6.99. The standard InChI is InChI=1S/C13H18F2N2O5S/c14-12(15)9-17-23(20,21)11-3-1-10(2-4-11)13(19)16-5-7-22-8-6-18/h1-4,12,17-18H,5-9H2,(H,16,19). The smallest absolute Gasteiger partial charge is 0.251 e. The number of amides is 1. The van der Waals surface area contributed by atoms with Gasteiger partial charge in [-0.3, -0.25) is 4.79 Å². The Morgan fingerprint density at radius 2 is 1.87 bits per heavy atom. The second-order valence-electron chi connectivity index (χ2n) is 4.36. The quantitative estimate of drug-likeness (QED) is 0.513. The molecule has 0 unspecified atom stereocenters. The Balaban J connectivity index is 2.57. The number of aliphatic hydroxyl groups excluding tert-OH is 1. The van der Waals surface area contributed by atoms with E-state index in [0.29, 0.717) is 0 Å². The molecule has 0 heterocycles. The van der Waals surface area contributed by atoms with Crippen molar-refractivity contribution in [1.29, 1.82) is 0 Å². The summed E-state index contributed by atoms with van der Waals surface area (Å²) in [7, 11) is -4.03. The Kier molecular flexibility index (Phi) is 8.03. The fourth-order valence-corrected chi connectivity index (χ4v) is 2.55. The van der Waals surface area contributed by atoms with Crippen molar-refractivity contribution >= 4 is 15.9 Å². The normalized spacial score (nSPS) is 11.7. The number of nitrogens with one attached hydrogen (secondary N) is 2. The number of ether oxygens (including phenoxy) is 1. The topological polar surface area (TPSA) is 105 Å². The number of alkyl halides is 2. The van der Waals surface area contributed by atoms with Gasteiger partial charge in [0.05, 0.1) is 31.3 Å². The molecule has 7 nitrogen and oxygen atoms in total. The van der Waals surface area contributed by atoms with Crippen LogP contribution in [-0.4, -0.2) is 58.8 Å². The molecule has 0 aliphatic carbocycles. The minimum atomic E-state index is -4.03. The first-order valence-electron chi connectivity index (χ1n) is 6.71. The van der Waals surface area contributed by atoms with E-state index in [0.717, 1.165) is 12.1 Å². The largest absolute Gasteiger partial charge is 0.394 e. The monoisotopic (exact) mass is 352 g/mol. The number of sulfonamides is 1. The third-order valence-corrected chi connectivity index (χ3v) is 4.06. The van der Waals surface area contributed by atoms with Gasteiger partial charge in [-0.25, -0.2) is 21.9 Å². The van der Waals surface area contributed by atoms with Crippen LogP contribution in [0.25, 0.3) is 0 Å². The summed E-state index contributed by atoms with van der Waals surface area (Å²) in [5.74, 6) is -0.429. The van der Waals surface area contributed by atoms with E-state index in [2.05, 4.69) is 5.32 Å². The molecule has 1 aromatic rings. The van der Waals surface area contributed by atoms with Gasteiger partial charge in [0.2, 0.25) is 10.0 Å². The molecule has 0 atom stereocenters. The zero-order valence-corrected chi connectivity index (χ0v) is 13.0. The highest BCUT2D eigenvalue weighted by Crippen LogP contribution is 2.11. The van der Waals surface area contributed by atoms with Gasteiger partial charge in [-0.05, 0) is 24.3 Å². The summed E-state index contributed by atoms with van der Waals surface area (Å²) in [6.07, 6.45) is -2.79. The van der Waals surface area contributed by atoms with Crippen molar-refractivity contribution in [2.75, 3.05) is 32.9 Å². The van der Waals surface area contributed by atoms with E-state index < -0.39 is 28.9 Å². The highest BCUT2D eigenvalue weighted by Gasteiger charge is 2.16. The minimum absolute atomic E-state index is 0.108. The maximum Gasteiger partial charge on any atom is 0.251 e. The Morgan fingerprint density at radius 3 is 2.43 bits per heavy atom. The first kappa shape index (κ1) is 19.4. The number of aliphatic hydroxyl groups is 1. The van der Waals surface area contributed by atoms with Gasteiger partial charge in [0.15, 0.2) is 0 Å². The van der Waals surface area contributed by atoms with Gasteiger partial charge >= 0.3 is 0 Å². The van der Waals surface area contributed by atoms with Crippen LogP contribution in [0.15, 0.2) is 29.2 Å². The molecule has 0 fully saturated rings. The predicted molar refractivity (Wildman–Crippen MR) is 77.9 cm³/mol. The van der Waals surface area contributed by atoms with Crippen LogP contribution < -0.4 is 10.0 Å². The molecule has 3 N–H and O–H groups in total. The zero-order valence-electron chi connectivity index (χ0n) is 12.2. The second-order valence-corrected chi connectivity index (χ2v) is 6.13. The molecule has 0 spiro atoms. The van der Waals surface area contributed by atoms with Gasteiger partial charge in [0, 0.05) is 12.1 Å². The average Bonchev–Trinajstić information content (AvgIpc) is 2.53. The molecule has 1 aromatic carbocycles. The molecule has 1 rings (SSSR count). The summed E-state index contributed by atoms with van der Waals surface area (Å²) in [5, 5.41) is 11.1. The zero-order chi connectivity index (χ0) is 17.3. The maximum absolute atomic E-state index is 12.0. The van der Waals surface area contributed by atoms with Crippen molar-refractivity contribution in [2.45, 2.75) is 11.3 Å². The molecular formula is C13H18F2N2O5S. The molecule has 1 amide bonds. The lowest BCUT2D eigenvalue weighted by atomic mass is 10.2. The molecule has 0 aliphatic heterocycles. The van der Waals surface area contributed by atoms with Crippen molar-refractivity contribution < 1.29 is 31.8 Å². The van der Waals surface area contributed by atoms with Gasteiger partial charge in [-0.1, -0.05) is 0 Å². The van der Waals surface area contributed by atoms with Crippen molar-refractivity contribution in [1.82, 2.24) is 10.0 Å². The Bertz CT molecular complexity index is 593. The highest BCUT2D eigenvalue weighted by atomic mass is 32.2. The second kappa shape index (κ2) is 9.50. The van der Waals surface area contributed by atoms with Crippen LogP contribution in [0.4, 0.5) is 8.78 Å². The molecule has 130 valence electrons. The van der Waals surface area contributed by atoms with E-state index in [1.807, 2.05) is 0 Å². The summed E-state index contributed by atoms with van der Waals surface area (Å²) < 4.78 is 54.2. The molecule has 23 heavy (non-hydrogen) atoms. The van der Waals surface area contributed by atoms with Crippen LogP contribution in [0.1, 0.15) is 10.4 Å². The van der Waals surface area contributed by atoms with Crippen LogP contribution in [0.5, 0.6) is 0 Å². The number of hydrogen-bond donors (Lipinski definition) is 3. The summed E-state index contributed by atoms with van der Waals surface area (Å²) in [5.41, 5.74) is 0.222. The third-order valence-electron chi connectivity index (χ3n) is 2.62. The van der Waals surface area contributed by atoms with Gasteiger partial charge in [-0.2, -0.15) is 0 Å². The van der Waals surface area contributed by atoms with E-state index in [-0.39, 0.29) is 36.8 Å². The first-order valence-corrected chi connectivity index (χ1v) is 8.20. The first-order chi connectivity index (χ1) is 10.9. The molecule has 0 radical (unpaired) electrons. The van der Waals surface area contributed by atoms with Crippen LogP contribution in [0.2, 0.25) is 0 Å². The fraction of sp³-hybridized carbons (Fsp3) is 0.462. The van der Waals surface area contributed by atoms with Gasteiger partial charge in [-0.15, -0.1) is 0 Å². The van der Waals surface area contributed by atoms with Crippen molar-refractivity contribution in [3.8, 4) is 0 Å². The molecule has 0 bridgehead atoms. The van der Waals surface area contributed by atoms with Gasteiger partial charge in [0.25, 0.3) is 12.3 Å². The lowest BCUT2D eigenvalue weighted by Gasteiger charge is -2.08. The number of hydrogen-bond acceptors (Lipinski definition) is 5. The lowest BCUT2D eigenvalue weighted by molar-refractivity contribution is 0.0838. The van der Waals surface area contributed by atoms with Crippen LogP contribution in [0.3, 0.4) is 0 Å². The van der Waals surface area contributed by atoms with E-state index in [4.69, 9.17) is 9.84 Å². The molecule has 0 saturated heterocycles. The summed E-state index contributed by atoms with van der Waals surface area (Å²) in [4.78, 5) is 11.6. The molecule has 10 heteroatoms. The lowest BCUT2D eigenvalue weighted by Crippen LogP contribution is -2.29. The number of halogens is 2. The van der Waals surface area contributed by atoms with Crippen LogP contribution in [0, 0.1) is 0 Å². The van der Waals surface area contributed by atoms with E-state index >= 15 is 0 Å². The average molecular weight is 352 g/mol. The Morgan fingerprint density at radius 1 is 1.22 bits per heavy atom. The Labute approximate surface area is 132 Å². The van der Waals surface area contributed by atoms with Crippen LogP contribution in [-0.2, 0) is 14.8 Å². The van der Waals surface area contributed by atoms with Gasteiger partial charge in [0.1, 0.15) is 0 Å². The fourth-order valence-electron chi connectivity index (χ4n) is 1.55. The summed E-state index contributed by atoms with van der Waals surface area (Å²) in [6.45, 7) is -0.443. The van der Waals surface area contributed by atoms with Crippen molar-refractivity contribution in [3.63, 3.8) is 0 Å². The molecule has 0 aromatic heterocycles. The predicted octanol–water partition coefficient (Wildman–Crippen LogP) is -0.0313. The van der Waals surface area contributed by atoms with Crippen molar-refractivity contribution in [2.24, 2.45) is 0 Å². The molecule has 0 saturated carbocycles. The number of benzene rings is 1. The maximum atomic E-state index is 12.0. The van der Waals surface area contributed by atoms with E-state index in [1.165, 1.54) is 12.1 Å². The van der Waals surface area contributed by atoms with Gasteiger partial charge < -0.3 is 15.2 Å². The SMILES string of the molecule is O=C(NCCOCCO)c1ccc(S(=O)(=O)NCC(F)F)cc1. The number of rotatable bonds is 10. The molecule has 0 aliphatic rings. The Hall–Kier alpha value is -1.62. The summed E-state index contributed by atoms with van der Waals surface area (Å²) in [6, 6.07) is 4.87. The van der Waals surface area contributed by atoms with Crippen LogP contribution >= 0.6 is 0 Å². The number of carbonyl (C=O) groups is 1. The van der Waals surface area contributed by atoms with Crippen molar-refractivity contribution in [3.05, 3.63) is 29.8 Å². The van der Waals surface area contributed by atoms with E-state index in [1.54, 1.807) is 4.72 Å². The highest BCUT2D eigenvalue weighted by molar-refractivity contribution is 7.89. The number of carbonyl (C=O) groups excluding carboxylic acids is 1.